The second kappa shape index (κ2) is 59.1. The van der Waals surface area contributed by atoms with Gasteiger partial charge in [-0.05, 0) is 43.4 Å². The van der Waals surface area contributed by atoms with Crippen LogP contribution in [0.4, 0.5) is 0 Å². The topological polar surface area (TPSA) is 237 Å². The summed E-state index contributed by atoms with van der Waals surface area (Å²) in [6, 6.07) is 0. The van der Waals surface area contributed by atoms with Gasteiger partial charge in [-0.25, -0.2) is 9.13 Å². The van der Waals surface area contributed by atoms with Gasteiger partial charge >= 0.3 is 39.5 Å². The van der Waals surface area contributed by atoms with Gasteiger partial charge in [0.15, 0.2) is 12.2 Å². The molecule has 17 nitrogen and oxygen atoms in total. The van der Waals surface area contributed by atoms with Gasteiger partial charge in [0.25, 0.3) is 0 Å². The normalized spacial score (nSPS) is 14.9. The molecule has 3 N–H and O–H groups in total. The van der Waals surface area contributed by atoms with Crippen molar-refractivity contribution in [3.8, 4) is 0 Å². The number of hydrogen-bond donors (Lipinski definition) is 3. The lowest BCUT2D eigenvalue weighted by atomic mass is 9.99. The Labute approximate surface area is 530 Å². The summed E-state index contributed by atoms with van der Waals surface area (Å²) in [6.07, 6.45) is 41.6. The number of hydrogen-bond acceptors (Lipinski definition) is 15. The average molecular weight is 1280 g/mol. The summed E-state index contributed by atoms with van der Waals surface area (Å²) in [5.74, 6) is 0.161. The maximum absolute atomic E-state index is 13.0. The molecule has 0 rings (SSSR count). The summed E-state index contributed by atoms with van der Waals surface area (Å²) in [5, 5.41) is 10.6. The zero-order valence-electron chi connectivity index (χ0n) is 56.5. The van der Waals surface area contributed by atoms with Crippen LogP contribution in [0.2, 0.25) is 0 Å². The first kappa shape index (κ1) is 85.1. The molecule has 0 aromatic rings. The highest BCUT2D eigenvalue weighted by Gasteiger charge is 2.30. The van der Waals surface area contributed by atoms with Crippen LogP contribution in [0.15, 0.2) is 0 Å². The molecule has 0 saturated heterocycles. The molecular formula is C68H132O17P2. The molecule has 0 saturated carbocycles. The Morgan fingerprint density at radius 2 is 0.586 bits per heavy atom. The van der Waals surface area contributed by atoms with Gasteiger partial charge in [0.05, 0.1) is 26.4 Å². The monoisotopic (exact) mass is 1280 g/mol. The second-order valence-electron chi connectivity index (χ2n) is 25.5. The molecule has 0 aliphatic carbocycles. The summed E-state index contributed by atoms with van der Waals surface area (Å²) < 4.78 is 68.2. The van der Waals surface area contributed by atoms with Crippen LogP contribution in [0.5, 0.6) is 0 Å². The van der Waals surface area contributed by atoms with Gasteiger partial charge in [-0.15, -0.1) is 0 Å². The lowest BCUT2D eigenvalue weighted by molar-refractivity contribution is -0.161. The number of phosphoric ester groups is 2. The van der Waals surface area contributed by atoms with Crippen molar-refractivity contribution in [2.24, 2.45) is 17.8 Å². The highest BCUT2D eigenvalue weighted by molar-refractivity contribution is 7.47. The lowest BCUT2D eigenvalue weighted by Crippen LogP contribution is -2.30. The zero-order chi connectivity index (χ0) is 64.5. The van der Waals surface area contributed by atoms with Crippen molar-refractivity contribution in [1.29, 1.82) is 0 Å². The third-order valence-corrected chi connectivity index (χ3v) is 18.3. The number of carbonyl (C=O) groups excluding carboxylic acids is 4. The summed E-state index contributed by atoms with van der Waals surface area (Å²) >= 11 is 0. The number of esters is 4. The number of carbonyl (C=O) groups is 4. The number of aliphatic hydroxyl groups is 1. The molecule has 0 aliphatic heterocycles. The standard InChI is InChI=1S/C68H132O17P2/c1-8-11-12-13-14-15-22-28-37-44-51-67(72)85-64(56-79-66(71)50-43-36-31-30-32-39-46-59(4)5)58-83-87(76,77)81-54-62(69)53-80-86(74,75)82-57-63(84-68(73)52-45-38-29-24-19-17-21-26-34-41-48-61(7)10-3)55-78-65(70)49-42-35-27-23-18-16-20-25-33-40-47-60(6)9-2/h59-64,69H,8-58H2,1-7H3,(H,74,75)(H,76,77)/t60?,61?,62-,63-,64-/m1/s1. The molecule has 516 valence electrons. The van der Waals surface area contributed by atoms with E-state index in [1.54, 1.807) is 0 Å². The maximum Gasteiger partial charge on any atom is 0.472 e. The molecule has 0 amide bonds. The highest BCUT2D eigenvalue weighted by atomic mass is 31.2. The largest absolute Gasteiger partial charge is 0.472 e. The van der Waals surface area contributed by atoms with E-state index >= 15 is 0 Å². The Morgan fingerprint density at radius 1 is 0.333 bits per heavy atom. The molecule has 7 atom stereocenters. The summed E-state index contributed by atoms with van der Waals surface area (Å²) in [4.78, 5) is 72.4. The fourth-order valence-corrected chi connectivity index (χ4v) is 11.7. The van der Waals surface area contributed by atoms with E-state index in [4.69, 9.17) is 37.0 Å². The SMILES string of the molecule is CCCCCCCCCCCCC(=O)O[C@H](COC(=O)CCCCCCCCC(C)C)COP(=O)(O)OC[C@H](O)COP(=O)(O)OC[C@@H](COC(=O)CCCCCCCCCCCCC(C)CC)OC(=O)CCCCCCCCCCCCC(C)CC. The van der Waals surface area contributed by atoms with Crippen molar-refractivity contribution in [1.82, 2.24) is 0 Å². The first-order valence-electron chi connectivity index (χ1n) is 35.4. The van der Waals surface area contributed by atoms with E-state index in [9.17, 15) is 43.2 Å². The fraction of sp³-hybridized carbons (Fsp3) is 0.941. The minimum Gasteiger partial charge on any atom is -0.462 e. The Balaban J connectivity index is 5.25. The number of aliphatic hydroxyl groups excluding tert-OH is 1. The summed E-state index contributed by atoms with van der Waals surface area (Å²) in [5.41, 5.74) is 0. The third-order valence-electron chi connectivity index (χ3n) is 16.4. The minimum absolute atomic E-state index is 0.105. The van der Waals surface area contributed by atoms with Crippen LogP contribution in [0, 0.1) is 17.8 Å². The molecule has 4 unspecified atom stereocenters. The number of phosphoric acid groups is 2. The molecule has 0 radical (unpaired) electrons. The first-order valence-corrected chi connectivity index (χ1v) is 38.4. The first-order chi connectivity index (χ1) is 41.8. The fourth-order valence-electron chi connectivity index (χ4n) is 10.1. The van der Waals surface area contributed by atoms with E-state index in [1.807, 2.05) is 0 Å². The van der Waals surface area contributed by atoms with Gasteiger partial charge in [0, 0.05) is 25.7 Å². The molecule has 19 heteroatoms. The molecule has 0 aromatic carbocycles. The average Bonchev–Trinajstić information content (AvgIpc) is 3.70. The van der Waals surface area contributed by atoms with Crippen molar-refractivity contribution in [2.45, 2.75) is 356 Å². The van der Waals surface area contributed by atoms with Crippen molar-refractivity contribution in [2.75, 3.05) is 39.6 Å². The van der Waals surface area contributed by atoms with E-state index in [1.165, 1.54) is 141 Å². The number of rotatable bonds is 66. The van der Waals surface area contributed by atoms with Crippen molar-refractivity contribution in [3.05, 3.63) is 0 Å². The molecule has 0 bridgehead atoms. The van der Waals surface area contributed by atoms with Crippen molar-refractivity contribution in [3.63, 3.8) is 0 Å². The highest BCUT2D eigenvalue weighted by Crippen LogP contribution is 2.45. The molecule has 0 fully saturated rings. The van der Waals surface area contributed by atoms with E-state index in [-0.39, 0.29) is 25.7 Å². The van der Waals surface area contributed by atoms with Crippen molar-refractivity contribution >= 4 is 39.5 Å². The van der Waals surface area contributed by atoms with Gasteiger partial charge in [-0.1, -0.05) is 286 Å². The Morgan fingerprint density at radius 3 is 0.874 bits per heavy atom. The quantitative estimate of drug-likeness (QED) is 0.0222. The lowest BCUT2D eigenvalue weighted by Gasteiger charge is -2.21. The Hall–Kier alpha value is -1.94. The van der Waals surface area contributed by atoms with Crippen LogP contribution in [-0.4, -0.2) is 96.7 Å². The van der Waals surface area contributed by atoms with Gasteiger partial charge in [-0.2, -0.15) is 0 Å². The van der Waals surface area contributed by atoms with E-state index in [0.29, 0.717) is 31.6 Å². The molecule has 0 heterocycles. The molecule has 87 heavy (non-hydrogen) atoms. The Bertz CT molecular complexity index is 1720. The van der Waals surface area contributed by atoms with Crippen LogP contribution >= 0.6 is 15.6 Å². The van der Waals surface area contributed by atoms with E-state index in [0.717, 1.165) is 108 Å². The summed E-state index contributed by atoms with van der Waals surface area (Å²) in [6.45, 7) is 11.8. The molecule has 0 spiro atoms. The predicted octanol–water partition coefficient (Wildman–Crippen LogP) is 19.1. The number of ether oxygens (including phenoxy) is 4. The van der Waals surface area contributed by atoms with Gasteiger partial charge in [0.1, 0.15) is 19.3 Å². The van der Waals surface area contributed by atoms with Crippen LogP contribution in [0.1, 0.15) is 337 Å². The van der Waals surface area contributed by atoms with Crippen LogP contribution in [0.3, 0.4) is 0 Å². The van der Waals surface area contributed by atoms with E-state index < -0.39 is 97.5 Å². The van der Waals surface area contributed by atoms with Gasteiger partial charge in [-0.3, -0.25) is 37.3 Å². The Kier molecular flexibility index (Phi) is 57.8. The molecule has 0 aromatic heterocycles. The maximum atomic E-state index is 13.0. The summed E-state index contributed by atoms with van der Waals surface area (Å²) in [7, 11) is -9.90. The predicted molar refractivity (Wildman–Crippen MR) is 349 cm³/mol. The number of unbranched alkanes of at least 4 members (excludes halogenated alkanes) is 32. The van der Waals surface area contributed by atoms with Crippen molar-refractivity contribution < 1.29 is 80.2 Å². The smallest absolute Gasteiger partial charge is 0.462 e. The zero-order valence-corrected chi connectivity index (χ0v) is 58.3. The van der Waals surface area contributed by atoms with Gasteiger partial charge in [0.2, 0.25) is 0 Å². The van der Waals surface area contributed by atoms with Crippen LogP contribution in [-0.2, 0) is 65.4 Å². The van der Waals surface area contributed by atoms with Crippen LogP contribution in [0.25, 0.3) is 0 Å². The molecular weight excluding hydrogens is 1150 g/mol. The minimum atomic E-state index is -4.95. The third kappa shape index (κ3) is 60.1. The second-order valence-corrected chi connectivity index (χ2v) is 28.4. The van der Waals surface area contributed by atoms with E-state index in [2.05, 4.69) is 48.5 Å². The van der Waals surface area contributed by atoms with Crippen LogP contribution < -0.4 is 0 Å². The van der Waals surface area contributed by atoms with Gasteiger partial charge < -0.3 is 33.8 Å². The molecule has 0 aliphatic rings.